The third-order valence-electron chi connectivity index (χ3n) is 4.67. The molecule has 0 spiro atoms. The number of thiophene rings is 1. The minimum absolute atomic E-state index is 0.0135. The van der Waals surface area contributed by atoms with Gasteiger partial charge in [0.25, 0.3) is 11.8 Å². The number of ketones is 1. The van der Waals surface area contributed by atoms with E-state index in [4.69, 9.17) is 19.6 Å². The van der Waals surface area contributed by atoms with E-state index in [-0.39, 0.29) is 33.6 Å². The third-order valence-corrected chi connectivity index (χ3v) is 5.89. The van der Waals surface area contributed by atoms with E-state index in [1.165, 1.54) is 13.0 Å². The van der Waals surface area contributed by atoms with Gasteiger partial charge >= 0.3 is 5.97 Å². The maximum atomic E-state index is 12.8. The van der Waals surface area contributed by atoms with Gasteiger partial charge in [0.1, 0.15) is 23.1 Å². The second kappa shape index (κ2) is 10.3. The lowest BCUT2D eigenvalue weighted by Crippen LogP contribution is -2.17. The van der Waals surface area contributed by atoms with Crippen molar-refractivity contribution in [3.63, 3.8) is 0 Å². The molecule has 0 aliphatic rings. The monoisotopic (exact) mass is 484 g/mol. The molecule has 9 nitrogen and oxygen atoms in total. The van der Waals surface area contributed by atoms with E-state index in [9.17, 15) is 19.2 Å². The molecular formula is C24H24N2O7S. The normalized spacial score (nSPS) is 10.7. The zero-order valence-corrected chi connectivity index (χ0v) is 19.9. The molecule has 0 aliphatic heterocycles. The van der Waals surface area contributed by atoms with Crippen molar-refractivity contribution in [2.24, 2.45) is 5.73 Å². The van der Waals surface area contributed by atoms with Crippen LogP contribution in [0.4, 0.5) is 5.00 Å². The highest BCUT2D eigenvalue weighted by Gasteiger charge is 2.27. The number of ether oxygens (including phenoxy) is 2. The van der Waals surface area contributed by atoms with Crippen molar-refractivity contribution in [3.8, 4) is 5.75 Å². The first-order valence-corrected chi connectivity index (χ1v) is 11.2. The summed E-state index contributed by atoms with van der Waals surface area (Å²) in [6.07, 6.45) is -0.390. The summed E-state index contributed by atoms with van der Waals surface area (Å²) in [5, 5.41) is 2.75. The Balaban J connectivity index is 1.72. The molecule has 2 aromatic heterocycles. The number of nitrogens with two attached hydrogens (primary N) is 1. The Morgan fingerprint density at radius 1 is 1.09 bits per heavy atom. The molecule has 3 N–H and O–H groups in total. The van der Waals surface area contributed by atoms with Gasteiger partial charge in [-0.1, -0.05) is 0 Å². The van der Waals surface area contributed by atoms with Crippen molar-refractivity contribution < 1.29 is 33.1 Å². The molecule has 0 fully saturated rings. The van der Waals surface area contributed by atoms with Crippen LogP contribution in [-0.2, 0) is 11.3 Å². The lowest BCUT2D eigenvalue weighted by atomic mass is 10.1. The molecular weight excluding hydrogens is 460 g/mol. The van der Waals surface area contributed by atoms with Gasteiger partial charge in [-0.3, -0.25) is 14.4 Å². The summed E-state index contributed by atoms with van der Waals surface area (Å²) in [6, 6.07) is 9.70. The van der Waals surface area contributed by atoms with Crippen LogP contribution in [0.15, 0.2) is 40.8 Å². The number of nitrogens with one attached hydrogen (secondary N) is 1. The quantitative estimate of drug-likeness (QED) is 0.340. The van der Waals surface area contributed by atoms with E-state index in [2.05, 4.69) is 5.32 Å². The van der Waals surface area contributed by atoms with Crippen LogP contribution >= 0.6 is 11.3 Å². The molecule has 0 saturated heterocycles. The summed E-state index contributed by atoms with van der Waals surface area (Å²) >= 11 is 0.892. The SMILES string of the molecule is CC(=O)c1ccc(OCc2ccc(C(=O)Nc3sc(C(N)=O)c(C)c3C(=O)OC(C)C)o2)cc1. The second-order valence-corrected chi connectivity index (χ2v) is 8.69. The summed E-state index contributed by atoms with van der Waals surface area (Å²) < 4.78 is 16.4. The predicted molar refractivity (Wildman–Crippen MR) is 126 cm³/mol. The van der Waals surface area contributed by atoms with Crippen LogP contribution < -0.4 is 15.8 Å². The summed E-state index contributed by atoms with van der Waals surface area (Å²) in [6.45, 7) is 6.48. The number of esters is 1. The van der Waals surface area contributed by atoms with Gasteiger partial charge in [-0.15, -0.1) is 11.3 Å². The highest BCUT2D eigenvalue weighted by Crippen LogP contribution is 2.34. The fourth-order valence-electron chi connectivity index (χ4n) is 3.04. The Bertz CT molecular complexity index is 1240. The first kappa shape index (κ1) is 24.7. The number of primary amides is 1. The molecule has 0 saturated carbocycles. The highest BCUT2D eigenvalue weighted by atomic mass is 32.1. The van der Waals surface area contributed by atoms with E-state index in [0.29, 0.717) is 22.6 Å². The molecule has 0 atom stereocenters. The van der Waals surface area contributed by atoms with E-state index >= 15 is 0 Å². The van der Waals surface area contributed by atoms with Crippen LogP contribution in [0.1, 0.15) is 73.0 Å². The molecule has 3 aromatic rings. The molecule has 0 aliphatic carbocycles. The molecule has 2 heterocycles. The van der Waals surface area contributed by atoms with Crippen molar-refractivity contribution in [2.75, 3.05) is 5.32 Å². The van der Waals surface area contributed by atoms with Crippen LogP contribution in [0.3, 0.4) is 0 Å². The van der Waals surface area contributed by atoms with Gasteiger partial charge in [-0.25, -0.2) is 4.79 Å². The second-order valence-electron chi connectivity index (χ2n) is 7.67. The average Bonchev–Trinajstić information content (AvgIpc) is 3.36. The number of benzene rings is 1. The van der Waals surface area contributed by atoms with Crippen LogP contribution in [-0.4, -0.2) is 29.7 Å². The minimum Gasteiger partial charge on any atom is -0.486 e. The van der Waals surface area contributed by atoms with E-state index in [1.807, 2.05) is 0 Å². The highest BCUT2D eigenvalue weighted by molar-refractivity contribution is 7.18. The average molecular weight is 485 g/mol. The first-order valence-electron chi connectivity index (χ1n) is 10.3. The maximum Gasteiger partial charge on any atom is 0.341 e. The molecule has 1 aromatic carbocycles. The fourth-order valence-corrected chi connectivity index (χ4v) is 4.08. The molecule has 0 radical (unpaired) electrons. The van der Waals surface area contributed by atoms with E-state index < -0.39 is 23.9 Å². The van der Waals surface area contributed by atoms with Gasteiger partial charge in [-0.2, -0.15) is 0 Å². The number of anilines is 1. The molecule has 3 rings (SSSR count). The van der Waals surface area contributed by atoms with E-state index in [0.717, 1.165) is 11.3 Å². The van der Waals surface area contributed by atoms with Crippen LogP contribution in [0.5, 0.6) is 5.75 Å². The lowest BCUT2D eigenvalue weighted by molar-refractivity contribution is 0.0378. The van der Waals surface area contributed by atoms with Crippen molar-refractivity contribution in [3.05, 3.63) is 69.5 Å². The minimum atomic E-state index is -0.713. The van der Waals surface area contributed by atoms with Gasteiger partial charge in [0.05, 0.1) is 16.5 Å². The zero-order chi connectivity index (χ0) is 25.0. The fraction of sp³-hybridized carbons (Fsp3) is 0.250. The smallest absolute Gasteiger partial charge is 0.341 e. The molecule has 2 amide bonds. The van der Waals surface area contributed by atoms with Gasteiger partial charge in [0, 0.05) is 5.56 Å². The van der Waals surface area contributed by atoms with Crippen molar-refractivity contribution >= 4 is 39.9 Å². The molecule has 0 unspecified atom stereocenters. The number of furan rings is 1. The third kappa shape index (κ3) is 5.70. The Morgan fingerprint density at radius 2 is 1.76 bits per heavy atom. The molecule has 0 bridgehead atoms. The molecule has 34 heavy (non-hydrogen) atoms. The molecule has 10 heteroatoms. The topological polar surface area (TPSA) is 138 Å². The van der Waals surface area contributed by atoms with Crippen LogP contribution in [0.2, 0.25) is 0 Å². The summed E-state index contributed by atoms with van der Waals surface area (Å²) in [5.74, 6) is -1.13. The Morgan fingerprint density at radius 3 is 2.35 bits per heavy atom. The van der Waals surface area contributed by atoms with Gasteiger partial charge in [0.2, 0.25) is 0 Å². The van der Waals surface area contributed by atoms with Crippen molar-refractivity contribution in [2.45, 2.75) is 40.4 Å². The van der Waals surface area contributed by atoms with Crippen molar-refractivity contribution in [1.82, 2.24) is 0 Å². The predicted octanol–water partition coefficient (Wildman–Crippen LogP) is 4.35. The first-order chi connectivity index (χ1) is 16.1. The van der Waals surface area contributed by atoms with Gasteiger partial charge in [0.15, 0.2) is 11.5 Å². The van der Waals surface area contributed by atoms with E-state index in [1.54, 1.807) is 51.1 Å². The Labute approximate surface area is 199 Å². The number of hydrogen-bond donors (Lipinski definition) is 2. The number of Topliss-reactive ketones (excluding diaryl/α,β-unsaturated/α-hetero) is 1. The Kier molecular flexibility index (Phi) is 7.52. The molecule has 178 valence electrons. The van der Waals surface area contributed by atoms with Crippen molar-refractivity contribution in [1.29, 1.82) is 0 Å². The summed E-state index contributed by atoms with van der Waals surface area (Å²) in [5.41, 5.74) is 6.39. The summed E-state index contributed by atoms with van der Waals surface area (Å²) in [4.78, 5) is 48.6. The number of hydrogen-bond acceptors (Lipinski definition) is 8. The standard InChI is InChI=1S/C24H24N2O7S/c1-12(2)32-24(30)19-13(3)20(21(25)28)34-23(19)26-22(29)18-10-9-17(33-18)11-31-16-7-5-15(6-8-16)14(4)27/h5-10,12H,11H2,1-4H3,(H2,25,28)(H,26,29). The largest absolute Gasteiger partial charge is 0.486 e. The lowest BCUT2D eigenvalue weighted by Gasteiger charge is -2.10. The van der Waals surface area contributed by atoms with Crippen LogP contribution in [0, 0.1) is 6.92 Å². The number of amides is 2. The van der Waals surface area contributed by atoms with Crippen LogP contribution in [0.25, 0.3) is 0 Å². The summed E-state index contributed by atoms with van der Waals surface area (Å²) in [7, 11) is 0. The van der Waals surface area contributed by atoms with Gasteiger partial charge in [-0.05, 0) is 69.7 Å². The Hall–Kier alpha value is -3.92. The number of carbonyl (C=O) groups is 4. The van der Waals surface area contributed by atoms with Gasteiger partial charge < -0.3 is 24.9 Å². The number of carbonyl (C=O) groups excluding carboxylic acids is 4. The zero-order valence-electron chi connectivity index (χ0n) is 19.1. The maximum absolute atomic E-state index is 12.8. The number of rotatable bonds is 9.